The van der Waals surface area contributed by atoms with Gasteiger partial charge < -0.3 is 0 Å². The Labute approximate surface area is 71.7 Å². The fraction of sp³-hybridized carbons (Fsp3) is 0.818. The fourth-order valence-corrected chi connectivity index (χ4v) is 1.18. The van der Waals surface area contributed by atoms with Crippen LogP contribution >= 0.6 is 0 Å². The van der Waals surface area contributed by atoms with Gasteiger partial charge >= 0.3 is 0 Å². The van der Waals surface area contributed by atoms with Crippen LogP contribution in [0.3, 0.4) is 0 Å². The average Bonchev–Trinajstić information content (AvgIpc) is 1.87. The van der Waals surface area contributed by atoms with Gasteiger partial charge in [-0.1, -0.05) is 45.8 Å². The zero-order valence-electron chi connectivity index (χ0n) is 8.65. The van der Waals surface area contributed by atoms with Crippen LogP contribution in [-0.2, 0) is 0 Å². The number of rotatable bonds is 4. The highest BCUT2D eigenvalue weighted by molar-refractivity contribution is 5.02. The summed E-state index contributed by atoms with van der Waals surface area (Å²) in [6.07, 6.45) is 5.03. The van der Waals surface area contributed by atoms with Crippen molar-refractivity contribution in [1.29, 1.82) is 0 Å². The summed E-state index contributed by atoms with van der Waals surface area (Å²) in [7, 11) is 0. The van der Waals surface area contributed by atoms with E-state index in [-0.39, 0.29) is 0 Å². The number of hydrogen-bond donors (Lipinski definition) is 0. The molecule has 0 heteroatoms. The lowest BCUT2D eigenvalue weighted by atomic mass is 9.97. The molecule has 0 fully saturated rings. The number of allylic oxidation sites excluding steroid dienone is 2. The Morgan fingerprint density at radius 1 is 1.27 bits per heavy atom. The quantitative estimate of drug-likeness (QED) is 0.536. The van der Waals surface area contributed by atoms with Gasteiger partial charge in [-0.3, -0.25) is 0 Å². The van der Waals surface area contributed by atoms with Crippen molar-refractivity contribution in [2.75, 3.05) is 0 Å². The van der Waals surface area contributed by atoms with E-state index in [1.165, 1.54) is 18.4 Å². The normalized spacial score (nSPS) is 15.6. The van der Waals surface area contributed by atoms with Gasteiger partial charge in [0.25, 0.3) is 0 Å². The van der Waals surface area contributed by atoms with Crippen LogP contribution in [0.4, 0.5) is 0 Å². The molecule has 1 atom stereocenters. The predicted octanol–water partition coefficient (Wildman–Crippen LogP) is 4.02. The summed E-state index contributed by atoms with van der Waals surface area (Å²) in [4.78, 5) is 0. The van der Waals surface area contributed by atoms with Gasteiger partial charge in [0.15, 0.2) is 0 Å². The molecule has 0 amide bonds. The van der Waals surface area contributed by atoms with Crippen LogP contribution in [0.25, 0.3) is 0 Å². The van der Waals surface area contributed by atoms with Crippen LogP contribution in [0.5, 0.6) is 0 Å². The molecule has 0 N–H and O–H groups in total. The zero-order chi connectivity index (χ0) is 8.85. The topological polar surface area (TPSA) is 0 Å². The van der Waals surface area contributed by atoms with Gasteiger partial charge in [0.2, 0.25) is 0 Å². The summed E-state index contributed by atoms with van der Waals surface area (Å²) in [5.74, 6) is 1.48. The Morgan fingerprint density at radius 3 is 2.18 bits per heavy atom. The first-order valence-corrected chi connectivity index (χ1v) is 4.76. The van der Waals surface area contributed by atoms with Gasteiger partial charge in [-0.2, -0.15) is 0 Å². The predicted molar refractivity (Wildman–Crippen MR) is 52.7 cm³/mol. The van der Waals surface area contributed by atoms with E-state index in [9.17, 15) is 0 Å². The number of hydrogen-bond acceptors (Lipinski definition) is 0. The van der Waals surface area contributed by atoms with Crippen molar-refractivity contribution >= 4 is 0 Å². The zero-order valence-corrected chi connectivity index (χ0v) is 8.65. The summed E-state index contributed by atoms with van der Waals surface area (Å²) in [5, 5.41) is 0. The van der Waals surface area contributed by atoms with Gasteiger partial charge in [0, 0.05) is 0 Å². The molecule has 0 bridgehead atoms. The lowest BCUT2D eigenvalue weighted by Gasteiger charge is -2.09. The minimum atomic E-state index is 0.717. The first kappa shape index (κ1) is 10.7. The molecule has 11 heavy (non-hydrogen) atoms. The SMILES string of the molecule is CCCC(C)/C=C(\C)C(C)C. The standard InChI is InChI=1S/C11H22/c1-6-7-10(4)8-11(5)9(2)3/h8-10H,6-7H2,1-5H3/b11-8+. The van der Waals surface area contributed by atoms with Gasteiger partial charge in [0.05, 0.1) is 0 Å². The monoisotopic (exact) mass is 154 g/mol. The molecule has 66 valence electrons. The molecule has 0 radical (unpaired) electrons. The average molecular weight is 154 g/mol. The van der Waals surface area contributed by atoms with Crippen molar-refractivity contribution in [3.63, 3.8) is 0 Å². The van der Waals surface area contributed by atoms with E-state index in [2.05, 4.69) is 40.7 Å². The highest BCUT2D eigenvalue weighted by Gasteiger charge is 1.99. The molecule has 0 nitrogen and oxygen atoms in total. The Balaban J connectivity index is 3.86. The van der Waals surface area contributed by atoms with Gasteiger partial charge in [-0.15, -0.1) is 0 Å². The van der Waals surface area contributed by atoms with Gasteiger partial charge in [0.1, 0.15) is 0 Å². The fourth-order valence-electron chi connectivity index (χ4n) is 1.18. The third kappa shape index (κ3) is 5.06. The van der Waals surface area contributed by atoms with Crippen molar-refractivity contribution in [3.05, 3.63) is 11.6 Å². The second-order valence-corrected chi connectivity index (χ2v) is 3.83. The van der Waals surface area contributed by atoms with E-state index < -0.39 is 0 Å². The molecule has 0 aromatic carbocycles. The summed E-state index contributed by atoms with van der Waals surface area (Å²) in [6, 6.07) is 0. The van der Waals surface area contributed by atoms with Crippen molar-refractivity contribution < 1.29 is 0 Å². The highest BCUT2D eigenvalue weighted by atomic mass is 14.1. The molecule has 0 aliphatic carbocycles. The first-order chi connectivity index (χ1) is 5.07. The van der Waals surface area contributed by atoms with Crippen molar-refractivity contribution in [2.24, 2.45) is 11.8 Å². The van der Waals surface area contributed by atoms with Crippen LogP contribution in [0.2, 0.25) is 0 Å². The van der Waals surface area contributed by atoms with Crippen LogP contribution < -0.4 is 0 Å². The molecule has 0 saturated carbocycles. The molecule has 0 aliphatic heterocycles. The minimum absolute atomic E-state index is 0.717. The molecule has 0 heterocycles. The van der Waals surface area contributed by atoms with Crippen LogP contribution in [0, 0.1) is 11.8 Å². The Bertz CT molecular complexity index is 120. The molecule has 0 aromatic rings. The van der Waals surface area contributed by atoms with Crippen molar-refractivity contribution in [1.82, 2.24) is 0 Å². The Kier molecular flexibility index (Phi) is 5.27. The molecular formula is C11H22. The van der Waals surface area contributed by atoms with E-state index in [1.807, 2.05) is 0 Å². The van der Waals surface area contributed by atoms with Crippen molar-refractivity contribution in [3.8, 4) is 0 Å². The molecule has 0 aliphatic rings. The maximum Gasteiger partial charge on any atom is -0.0259 e. The second-order valence-electron chi connectivity index (χ2n) is 3.83. The molecule has 0 aromatic heterocycles. The summed E-state index contributed by atoms with van der Waals surface area (Å²) >= 11 is 0. The smallest absolute Gasteiger partial charge is 0.0259 e. The molecular weight excluding hydrogens is 132 g/mol. The molecule has 1 unspecified atom stereocenters. The maximum absolute atomic E-state index is 2.41. The van der Waals surface area contributed by atoms with Gasteiger partial charge in [-0.05, 0) is 25.2 Å². The molecule has 0 rings (SSSR count). The molecule has 0 spiro atoms. The van der Waals surface area contributed by atoms with Gasteiger partial charge in [-0.25, -0.2) is 0 Å². The van der Waals surface area contributed by atoms with Crippen LogP contribution in [0.15, 0.2) is 11.6 Å². The van der Waals surface area contributed by atoms with E-state index >= 15 is 0 Å². The second kappa shape index (κ2) is 5.40. The summed E-state index contributed by atoms with van der Waals surface area (Å²) in [6.45, 7) is 11.3. The lowest BCUT2D eigenvalue weighted by Crippen LogP contribution is -1.94. The summed E-state index contributed by atoms with van der Waals surface area (Å²) in [5.41, 5.74) is 1.53. The van der Waals surface area contributed by atoms with E-state index in [0.29, 0.717) is 5.92 Å². The highest BCUT2D eigenvalue weighted by Crippen LogP contribution is 2.14. The maximum atomic E-state index is 2.41. The lowest BCUT2D eigenvalue weighted by molar-refractivity contribution is 0.618. The molecule has 0 saturated heterocycles. The third-order valence-electron chi connectivity index (χ3n) is 2.20. The Hall–Kier alpha value is -0.260. The summed E-state index contributed by atoms with van der Waals surface area (Å²) < 4.78 is 0. The van der Waals surface area contributed by atoms with Crippen LogP contribution in [-0.4, -0.2) is 0 Å². The first-order valence-electron chi connectivity index (χ1n) is 4.76. The third-order valence-corrected chi connectivity index (χ3v) is 2.20. The van der Waals surface area contributed by atoms with E-state index in [4.69, 9.17) is 0 Å². The van der Waals surface area contributed by atoms with E-state index in [0.717, 1.165) is 5.92 Å². The Morgan fingerprint density at radius 2 is 1.82 bits per heavy atom. The van der Waals surface area contributed by atoms with Crippen LogP contribution in [0.1, 0.15) is 47.5 Å². The van der Waals surface area contributed by atoms with Crippen molar-refractivity contribution in [2.45, 2.75) is 47.5 Å². The van der Waals surface area contributed by atoms with E-state index in [1.54, 1.807) is 0 Å². The minimum Gasteiger partial charge on any atom is -0.0825 e. The largest absolute Gasteiger partial charge is 0.0825 e.